The first-order valence-corrected chi connectivity index (χ1v) is 5.04. The minimum absolute atomic E-state index is 0.299. The zero-order valence-electron chi connectivity index (χ0n) is 8.44. The average Bonchev–Trinajstić information content (AvgIpc) is 2.01. The second-order valence-electron chi connectivity index (χ2n) is 3.87. The Morgan fingerprint density at radius 2 is 2.36 bits per heavy atom. The average molecular weight is 214 g/mol. The van der Waals surface area contributed by atoms with Crippen LogP contribution < -0.4 is 0 Å². The highest BCUT2D eigenvalue weighted by atomic mass is 31.1. The zero-order chi connectivity index (χ0) is 10.8. The summed E-state index contributed by atoms with van der Waals surface area (Å²) in [5.74, 6) is -0.403. The number of carbonyl (C=O) groups is 1. The lowest BCUT2D eigenvalue weighted by molar-refractivity contribution is -0.549. The van der Waals surface area contributed by atoms with Crippen LogP contribution in [0.1, 0.15) is 20.8 Å². The summed E-state index contributed by atoms with van der Waals surface area (Å²) in [4.78, 5) is 11.5. The van der Waals surface area contributed by atoms with Crippen molar-refractivity contribution in [2.24, 2.45) is 4.74 Å². The van der Waals surface area contributed by atoms with Crippen LogP contribution in [0, 0.1) is 5.53 Å². The lowest BCUT2D eigenvalue weighted by atomic mass is 10.2. The van der Waals surface area contributed by atoms with Crippen molar-refractivity contribution in [3.8, 4) is 0 Å². The van der Waals surface area contributed by atoms with Crippen molar-refractivity contribution in [1.29, 1.82) is 5.53 Å². The van der Waals surface area contributed by atoms with Gasteiger partial charge in [-0.05, 0) is 20.8 Å². The SMILES string of the molecule is CC(C)(C)OC(=O)C1=C[N+](=N)CN=P1. The molecule has 0 amide bonds. The van der Waals surface area contributed by atoms with E-state index in [4.69, 9.17) is 10.3 Å². The lowest BCUT2D eigenvalue weighted by Crippen LogP contribution is -2.24. The maximum Gasteiger partial charge on any atom is 0.351 e. The third-order valence-corrected chi connectivity index (χ3v) is 2.06. The molecule has 1 aliphatic heterocycles. The molecule has 1 aliphatic rings. The molecule has 1 heterocycles. The summed E-state index contributed by atoms with van der Waals surface area (Å²) in [7, 11) is 0.580. The first-order valence-electron chi connectivity index (χ1n) is 4.19. The molecule has 0 bridgehead atoms. The van der Waals surface area contributed by atoms with Gasteiger partial charge in [0.05, 0.1) is 8.37 Å². The number of esters is 1. The van der Waals surface area contributed by atoms with Gasteiger partial charge in [0.2, 0.25) is 6.20 Å². The highest BCUT2D eigenvalue weighted by molar-refractivity contribution is 7.34. The van der Waals surface area contributed by atoms with Gasteiger partial charge in [0.15, 0.2) is 5.31 Å². The van der Waals surface area contributed by atoms with Gasteiger partial charge in [-0.2, -0.15) is 4.74 Å². The molecule has 0 saturated heterocycles. The molecule has 0 saturated carbocycles. The molecule has 1 N–H and O–H groups in total. The van der Waals surface area contributed by atoms with Crippen LogP contribution in [0.15, 0.2) is 16.3 Å². The van der Waals surface area contributed by atoms with Crippen molar-refractivity contribution in [2.75, 3.05) is 6.67 Å². The van der Waals surface area contributed by atoms with Gasteiger partial charge in [-0.1, -0.05) is 10.2 Å². The van der Waals surface area contributed by atoms with E-state index in [1.54, 1.807) is 20.8 Å². The Bertz CT molecular complexity index is 328. The molecule has 76 valence electrons. The summed E-state index contributed by atoms with van der Waals surface area (Å²) >= 11 is 0. The monoisotopic (exact) mass is 214 g/mol. The van der Waals surface area contributed by atoms with E-state index in [1.165, 1.54) is 6.20 Å². The van der Waals surface area contributed by atoms with Gasteiger partial charge in [-0.15, -0.1) is 0 Å². The first-order chi connectivity index (χ1) is 6.38. The Kier molecular flexibility index (Phi) is 3.11. The Hall–Kier alpha value is -1.09. The summed E-state index contributed by atoms with van der Waals surface area (Å²) < 4.78 is 10.2. The molecule has 0 aliphatic carbocycles. The van der Waals surface area contributed by atoms with Gasteiger partial charge < -0.3 is 4.74 Å². The molecular formula is C8H13N3O2P+. The van der Waals surface area contributed by atoms with Crippen molar-refractivity contribution >= 4 is 14.3 Å². The van der Waals surface area contributed by atoms with E-state index < -0.39 is 11.6 Å². The quantitative estimate of drug-likeness (QED) is 0.413. The summed E-state index contributed by atoms with van der Waals surface area (Å²) in [6, 6.07) is 0. The molecule has 5 nitrogen and oxygen atoms in total. The molecule has 0 atom stereocenters. The van der Waals surface area contributed by atoms with E-state index in [-0.39, 0.29) is 0 Å². The second kappa shape index (κ2) is 3.96. The maximum absolute atomic E-state index is 11.5. The van der Waals surface area contributed by atoms with Gasteiger partial charge in [0, 0.05) is 0 Å². The van der Waals surface area contributed by atoms with Crippen LogP contribution in [0.3, 0.4) is 0 Å². The molecule has 0 radical (unpaired) electrons. The smallest absolute Gasteiger partial charge is 0.351 e. The van der Waals surface area contributed by atoms with Crippen LogP contribution in [0.25, 0.3) is 0 Å². The summed E-state index contributed by atoms with van der Waals surface area (Å²) in [6.45, 7) is 5.72. The number of nitrogens with one attached hydrogen (secondary N) is 1. The zero-order valence-corrected chi connectivity index (χ0v) is 9.34. The second-order valence-corrected chi connectivity index (χ2v) is 4.83. The largest absolute Gasteiger partial charge is 0.456 e. The molecule has 0 aromatic heterocycles. The first kappa shape index (κ1) is 11.0. The third kappa shape index (κ3) is 3.34. The van der Waals surface area contributed by atoms with E-state index in [9.17, 15) is 4.79 Å². The van der Waals surface area contributed by atoms with E-state index >= 15 is 0 Å². The molecule has 0 aromatic carbocycles. The van der Waals surface area contributed by atoms with Gasteiger partial charge in [-0.3, -0.25) is 0 Å². The van der Waals surface area contributed by atoms with Crippen LogP contribution >= 0.6 is 8.37 Å². The van der Waals surface area contributed by atoms with Gasteiger partial charge >= 0.3 is 5.97 Å². The van der Waals surface area contributed by atoms with Crippen LogP contribution in [-0.2, 0) is 9.53 Å². The van der Waals surface area contributed by atoms with Crippen molar-refractivity contribution in [3.05, 3.63) is 11.5 Å². The van der Waals surface area contributed by atoms with Crippen LogP contribution in [0.2, 0.25) is 0 Å². The Balaban J connectivity index is 2.71. The predicted octanol–water partition coefficient (Wildman–Crippen LogP) is 2.31. The molecule has 0 fully saturated rings. The van der Waals surface area contributed by atoms with E-state index in [0.717, 1.165) is 4.70 Å². The Morgan fingerprint density at radius 3 is 2.86 bits per heavy atom. The number of nitrogens with zero attached hydrogens (tertiary/aromatic N) is 2. The van der Waals surface area contributed by atoms with Crippen LogP contribution in [0.4, 0.5) is 0 Å². The highest BCUT2D eigenvalue weighted by Gasteiger charge is 2.23. The fourth-order valence-corrected chi connectivity index (χ4v) is 1.48. The molecule has 1 rings (SSSR count). The highest BCUT2D eigenvalue weighted by Crippen LogP contribution is 2.23. The number of rotatable bonds is 1. The standard InChI is InChI=1S/C8H13N3O2P/c1-8(2,3)13-7(12)6-4-11(9)5-10-14-6/h4,9H,5H2,1-3H3/q+1. The molecule has 6 heteroatoms. The topological polar surface area (TPSA) is 65.5 Å². The normalized spacial score (nSPS) is 17.6. The predicted molar refractivity (Wildman–Crippen MR) is 51.1 cm³/mol. The van der Waals surface area contributed by atoms with Crippen molar-refractivity contribution in [1.82, 2.24) is 0 Å². The summed E-state index contributed by atoms with van der Waals surface area (Å²) in [5.41, 5.74) is 6.78. The summed E-state index contributed by atoms with van der Waals surface area (Å²) in [6.07, 6.45) is 1.45. The number of hydrogen-bond donors (Lipinski definition) is 1. The Labute approximate surface area is 84.1 Å². The molecule has 0 aromatic rings. The van der Waals surface area contributed by atoms with E-state index in [0.29, 0.717) is 20.4 Å². The number of carbonyl (C=O) groups excluding carboxylic acids is 1. The minimum Gasteiger partial charge on any atom is -0.456 e. The molecule has 0 spiro atoms. The molecular weight excluding hydrogens is 201 g/mol. The molecule has 0 unspecified atom stereocenters. The van der Waals surface area contributed by atoms with E-state index in [2.05, 4.69) is 4.74 Å². The van der Waals surface area contributed by atoms with Crippen molar-refractivity contribution < 1.29 is 14.2 Å². The van der Waals surface area contributed by atoms with Gasteiger partial charge in [0.1, 0.15) is 5.60 Å². The number of hydrogen-bond acceptors (Lipinski definition) is 4. The minimum atomic E-state index is -0.502. The van der Waals surface area contributed by atoms with Crippen LogP contribution in [0.5, 0.6) is 0 Å². The fraction of sp³-hybridized carbons (Fsp3) is 0.625. The lowest BCUT2D eigenvalue weighted by Gasteiger charge is -2.19. The van der Waals surface area contributed by atoms with Crippen molar-refractivity contribution in [2.45, 2.75) is 26.4 Å². The van der Waals surface area contributed by atoms with Gasteiger partial charge in [0.25, 0.3) is 6.67 Å². The van der Waals surface area contributed by atoms with Crippen molar-refractivity contribution in [3.63, 3.8) is 0 Å². The molecule has 14 heavy (non-hydrogen) atoms. The maximum atomic E-state index is 11.5. The summed E-state index contributed by atoms with van der Waals surface area (Å²) in [5, 5.41) is 0.404. The Morgan fingerprint density at radius 1 is 1.71 bits per heavy atom. The van der Waals surface area contributed by atoms with Crippen LogP contribution in [-0.4, -0.2) is 22.9 Å². The van der Waals surface area contributed by atoms with Gasteiger partial charge in [-0.25, -0.2) is 4.79 Å². The third-order valence-electron chi connectivity index (χ3n) is 1.28. The number of ether oxygens (including phenoxy) is 1. The van der Waals surface area contributed by atoms with E-state index in [1.807, 2.05) is 0 Å². The fourth-order valence-electron chi connectivity index (χ4n) is 0.814.